The number of hydrogen-bond acceptors (Lipinski definition) is 2. The maximum Gasteiger partial charge on any atom is 0.246 e. The number of amides is 1. The van der Waals surface area contributed by atoms with Crippen LogP contribution in [0.2, 0.25) is 0 Å². The fraction of sp³-hybridized carbons (Fsp3) is 0.900. The summed E-state index contributed by atoms with van der Waals surface area (Å²) in [4.78, 5) is 11.3. The monoisotopic (exact) mass is 221 g/mol. The van der Waals surface area contributed by atoms with E-state index >= 15 is 0 Å². The van der Waals surface area contributed by atoms with Crippen LogP contribution in [0, 0.1) is 0 Å². The molecular formula is C10H20ClNO2. The summed E-state index contributed by atoms with van der Waals surface area (Å²) in [5.41, 5.74) is -0.395. The molecule has 0 fully saturated rings. The third-order valence-electron chi connectivity index (χ3n) is 2.04. The zero-order valence-electron chi connectivity index (χ0n) is 9.39. The quantitative estimate of drug-likeness (QED) is 0.550. The highest BCUT2D eigenvalue weighted by molar-refractivity contribution is 6.21. The first-order valence-electron chi connectivity index (χ1n) is 4.93. The number of rotatable bonds is 6. The third kappa shape index (κ3) is 5.45. The summed E-state index contributed by atoms with van der Waals surface area (Å²) in [6.45, 7) is 8.37. The van der Waals surface area contributed by atoms with Crippen molar-refractivity contribution in [2.45, 2.75) is 45.0 Å². The molecule has 0 aromatic heterocycles. The van der Waals surface area contributed by atoms with Crippen molar-refractivity contribution in [3.63, 3.8) is 0 Å². The van der Waals surface area contributed by atoms with Gasteiger partial charge in [-0.25, -0.2) is 0 Å². The Kier molecular flexibility index (Phi) is 6.12. The van der Waals surface area contributed by atoms with Crippen LogP contribution in [-0.2, 0) is 9.53 Å². The highest BCUT2D eigenvalue weighted by Gasteiger charge is 2.25. The van der Waals surface area contributed by atoms with Crippen molar-refractivity contribution in [3.8, 4) is 0 Å². The molecule has 0 aliphatic carbocycles. The number of carbonyl (C=O) groups is 1. The summed E-state index contributed by atoms with van der Waals surface area (Å²) in [6, 6.07) is 0. The van der Waals surface area contributed by atoms with Crippen molar-refractivity contribution >= 4 is 17.5 Å². The largest absolute Gasteiger partial charge is 0.372 e. The van der Waals surface area contributed by atoms with Crippen molar-refractivity contribution in [2.24, 2.45) is 0 Å². The average molecular weight is 222 g/mol. The van der Waals surface area contributed by atoms with Crippen LogP contribution < -0.4 is 5.32 Å². The maximum absolute atomic E-state index is 11.3. The van der Waals surface area contributed by atoms with E-state index in [-0.39, 0.29) is 17.9 Å². The Balaban J connectivity index is 3.82. The Hall–Kier alpha value is -0.280. The first-order valence-corrected chi connectivity index (χ1v) is 5.36. The average Bonchev–Trinajstić information content (AvgIpc) is 2.03. The molecule has 0 radical (unpaired) electrons. The van der Waals surface area contributed by atoms with Gasteiger partial charge in [0.2, 0.25) is 5.91 Å². The second-order valence-electron chi connectivity index (χ2n) is 3.94. The molecule has 0 bridgehead atoms. The molecule has 0 aliphatic heterocycles. The molecular weight excluding hydrogens is 202 g/mol. The highest BCUT2D eigenvalue weighted by Crippen LogP contribution is 2.14. The lowest BCUT2D eigenvalue weighted by atomic mass is 10.0. The Labute approximate surface area is 91.2 Å². The van der Waals surface area contributed by atoms with Crippen LogP contribution in [0.4, 0.5) is 0 Å². The fourth-order valence-corrected chi connectivity index (χ4v) is 0.859. The van der Waals surface area contributed by atoms with Crippen LogP contribution in [0.1, 0.15) is 34.1 Å². The molecule has 0 saturated heterocycles. The minimum Gasteiger partial charge on any atom is -0.372 e. The standard InChI is InChI=1S/C10H20ClNO2/c1-5-6-14-7-9(13)12-10(3,4)8(2)11/h8H,5-7H2,1-4H3,(H,12,13). The summed E-state index contributed by atoms with van der Waals surface area (Å²) in [7, 11) is 0. The van der Waals surface area contributed by atoms with Gasteiger partial charge in [0.1, 0.15) is 6.61 Å². The van der Waals surface area contributed by atoms with Gasteiger partial charge in [0.25, 0.3) is 0 Å². The van der Waals surface area contributed by atoms with Crippen LogP contribution in [-0.4, -0.2) is 30.0 Å². The van der Waals surface area contributed by atoms with Gasteiger partial charge in [0, 0.05) is 6.61 Å². The van der Waals surface area contributed by atoms with Gasteiger partial charge < -0.3 is 10.1 Å². The van der Waals surface area contributed by atoms with Gasteiger partial charge in [0.05, 0.1) is 10.9 Å². The SMILES string of the molecule is CCCOCC(=O)NC(C)(C)C(C)Cl. The molecule has 0 aromatic rings. The molecule has 0 saturated carbocycles. The number of carbonyl (C=O) groups excluding carboxylic acids is 1. The number of ether oxygens (including phenoxy) is 1. The minimum atomic E-state index is -0.395. The zero-order valence-corrected chi connectivity index (χ0v) is 10.1. The van der Waals surface area contributed by atoms with E-state index in [0.29, 0.717) is 6.61 Å². The van der Waals surface area contributed by atoms with E-state index in [9.17, 15) is 4.79 Å². The summed E-state index contributed by atoms with van der Waals surface area (Å²) in [6.07, 6.45) is 0.919. The van der Waals surface area contributed by atoms with Gasteiger partial charge in [-0.05, 0) is 27.2 Å². The normalized spacial score (nSPS) is 13.8. The summed E-state index contributed by atoms with van der Waals surface area (Å²) in [5.74, 6) is -0.115. The number of alkyl halides is 1. The van der Waals surface area contributed by atoms with E-state index in [0.717, 1.165) is 6.42 Å². The summed E-state index contributed by atoms with van der Waals surface area (Å²) in [5, 5.41) is 2.71. The van der Waals surface area contributed by atoms with E-state index in [1.807, 2.05) is 27.7 Å². The minimum absolute atomic E-state index is 0.112. The van der Waals surface area contributed by atoms with Crippen LogP contribution in [0.15, 0.2) is 0 Å². The Morgan fingerprint density at radius 3 is 2.57 bits per heavy atom. The topological polar surface area (TPSA) is 38.3 Å². The predicted octanol–water partition coefficient (Wildman–Crippen LogP) is 1.94. The van der Waals surface area contributed by atoms with Gasteiger partial charge in [-0.1, -0.05) is 6.92 Å². The molecule has 14 heavy (non-hydrogen) atoms. The molecule has 0 rings (SSSR count). The van der Waals surface area contributed by atoms with E-state index < -0.39 is 5.54 Å². The molecule has 4 heteroatoms. The Morgan fingerprint density at radius 1 is 1.57 bits per heavy atom. The molecule has 0 spiro atoms. The second-order valence-corrected chi connectivity index (χ2v) is 4.59. The number of halogens is 1. The van der Waals surface area contributed by atoms with Crippen LogP contribution in [0.3, 0.4) is 0 Å². The van der Waals surface area contributed by atoms with Gasteiger partial charge in [-0.3, -0.25) is 4.79 Å². The van der Waals surface area contributed by atoms with E-state index in [1.54, 1.807) is 0 Å². The molecule has 1 unspecified atom stereocenters. The Morgan fingerprint density at radius 2 is 2.14 bits per heavy atom. The molecule has 0 heterocycles. The Bertz CT molecular complexity index is 181. The second kappa shape index (κ2) is 6.25. The molecule has 0 aliphatic rings. The van der Waals surface area contributed by atoms with Gasteiger partial charge in [-0.15, -0.1) is 11.6 Å². The molecule has 0 aromatic carbocycles. The number of nitrogens with one attached hydrogen (secondary N) is 1. The van der Waals surface area contributed by atoms with Crippen LogP contribution in [0.25, 0.3) is 0 Å². The molecule has 1 N–H and O–H groups in total. The smallest absolute Gasteiger partial charge is 0.246 e. The molecule has 3 nitrogen and oxygen atoms in total. The maximum atomic E-state index is 11.3. The van der Waals surface area contributed by atoms with E-state index in [2.05, 4.69) is 5.32 Å². The van der Waals surface area contributed by atoms with Gasteiger partial charge >= 0.3 is 0 Å². The lowest BCUT2D eigenvalue weighted by Gasteiger charge is -2.28. The van der Waals surface area contributed by atoms with Crippen LogP contribution >= 0.6 is 11.6 Å². The number of hydrogen-bond donors (Lipinski definition) is 1. The van der Waals surface area contributed by atoms with Crippen LogP contribution in [0.5, 0.6) is 0 Å². The summed E-state index contributed by atoms with van der Waals surface area (Å²) >= 11 is 5.92. The van der Waals surface area contributed by atoms with Gasteiger partial charge in [0.15, 0.2) is 0 Å². The highest BCUT2D eigenvalue weighted by atomic mass is 35.5. The van der Waals surface area contributed by atoms with Crippen molar-refractivity contribution in [3.05, 3.63) is 0 Å². The van der Waals surface area contributed by atoms with Gasteiger partial charge in [-0.2, -0.15) is 0 Å². The molecule has 1 amide bonds. The first kappa shape index (κ1) is 13.7. The van der Waals surface area contributed by atoms with E-state index in [1.165, 1.54) is 0 Å². The fourth-order valence-electron chi connectivity index (χ4n) is 0.804. The van der Waals surface area contributed by atoms with E-state index in [4.69, 9.17) is 16.3 Å². The molecule has 84 valence electrons. The van der Waals surface area contributed by atoms with Crippen molar-refractivity contribution in [2.75, 3.05) is 13.2 Å². The third-order valence-corrected chi connectivity index (χ3v) is 2.58. The zero-order chi connectivity index (χ0) is 11.2. The first-order chi connectivity index (χ1) is 6.40. The van der Waals surface area contributed by atoms with Crippen molar-refractivity contribution < 1.29 is 9.53 Å². The molecule has 1 atom stereocenters. The lowest BCUT2D eigenvalue weighted by molar-refractivity contribution is -0.127. The van der Waals surface area contributed by atoms with Crippen molar-refractivity contribution in [1.82, 2.24) is 5.32 Å². The van der Waals surface area contributed by atoms with Crippen molar-refractivity contribution in [1.29, 1.82) is 0 Å². The predicted molar refractivity (Wildman–Crippen MR) is 58.6 cm³/mol. The lowest BCUT2D eigenvalue weighted by Crippen LogP contribution is -2.50. The summed E-state index contributed by atoms with van der Waals surface area (Å²) < 4.78 is 5.12.